The molecule has 0 saturated carbocycles. The molecule has 0 amide bonds. The van der Waals surface area contributed by atoms with Crippen molar-refractivity contribution in [3.63, 3.8) is 0 Å². The van der Waals surface area contributed by atoms with Gasteiger partial charge in [-0.2, -0.15) is 0 Å². The molecule has 0 radical (unpaired) electrons. The van der Waals surface area contributed by atoms with Gasteiger partial charge in [-0.3, -0.25) is 0 Å². The lowest BCUT2D eigenvalue weighted by molar-refractivity contribution is 0.0240. The molecule has 46 valence electrons. The van der Waals surface area contributed by atoms with E-state index in [1.54, 1.807) is 0 Å². The standard InChI is InChI=1S/C6H10O2/c7-5-6-3-1-2-4-8-6/h1-2,6-7H,3-5H2/t6-/m0/s1. The quantitative estimate of drug-likeness (QED) is 0.497. The van der Waals surface area contributed by atoms with Crippen LogP contribution >= 0.6 is 0 Å². The van der Waals surface area contributed by atoms with Crippen LogP contribution in [0.3, 0.4) is 0 Å². The van der Waals surface area contributed by atoms with Crippen molar-refractivity contribution in [3.8, 4) is 0 Å². The molecule has 1 rings (SSSR count). The Hall–Kier alpha value is -0.340. The van der Waals surface area contributed by atoms with E-state index in [1.807, 2.05) is 12.2 Å². The Balaban J connectivity index is 2.27. The zero-order valence-corrected chi connectivity index (χ0v) is 4.71. The van der Waals surface area contributed by atoms with Crippen LogP contribution in [0.25, 0.3) is 0 Å². The highest BCUT2D eigenvalue weighted by molar-refractivity contribution is 4.88. The lowest BCUT2D eigenvalue weighted by Gasteiger charge is -2.14. The van der Waals surface area contributed by atoms with E-state index in [2.05, 4.69) is 0 Å². The lowest BCUT2D eigenvalue weighted by atomic mass is 10.2. The minimum atomic E-state index is 0.0556. The third-order valence-electron chi connectivity index (χ3n) is 1.20. The van der Waals surface area contributed by atoms with Gasteiger partial charge in [-0.05, 0) is 6.42 Å². The first-order chi connectivity index (χ1) is 3.93. The largest absolute Gasteiger partial charge is 0.394 e. The number of rotatable bonds is 1. The van der Waals surface area contributed by atoms with Gasteiger partial charge in [0.25, 0.3) is 0 Å². The van der Waals surface area contributed by atoms with Crippen LogP contribution < -0.4 is 0 Å². The summed E-state index contributed by atoms with van der Waals surface area (Å²) in [5, 5.41) is 8.53. The van der Waals surface area contributed by atoms with E-state index in [1.165, 1.54) is 0 Å². The van der Waals surface area contributed by atoms with Crippen molar-refractivity contribution < 1.29 is 9.84 Å². The van der Waals surface area contributed by atoms with Gasteiger partial charge in [0.15, 0.2) is 0 Å². The van der Waals surface area contributed by atoms with E-state index in [4.69, 9.17) is 9.84 Å². The first-order valence-electron chi connectivity index (χ1n) is 2.81. The molecule has 2 nitrogen and oxygen atoms in total. The van der Waals surface area contributed by atoms with Gasteiger partial charge in [-0.1, -0.05) is 12.2 Å². The average molecular weight is 114 g/mol. The number of aliphatic hydroxyl groups excluding tert-OH is 1. The van der Waals surface area contributed by atoms with E-state index in [0.29, 0.717) is 6.61 Å². The molecule has 1 aliphatic heterocycles. The van der Waals surface area contributed by atoms with Gasteiger partial charge in [0.2, 0.25) is 0 Å². The van der Waals surface area contributed by atoms with Crippen LogP contribution in [0, 0.1) is 0 Å². The van der Waals surface area contributed by atoms with Crippen molar-refractivity contribution >= 4 is 0 Å². The first kappa shape index (κ1) is 5.79. The molecule has 1 atom stereocenters. The highest BCUT2D eigenvalue weighted by Crippen LogP contribution is 2.03. The second kappa shape index (κ2) is 2.84. The topological polar surface area (TPSA) is 29.5 Å². The molecule has 0 unspecified atom stereocenters. The van der Waals surface area contributed by atoms with Gasteiger partial charge in [0.1, 0.15) is 0 Å². The van der Waals surface area contributed by atoms with Crippen molar-refractivity contribution in [3.05, 3.63) is 12.2 Å². The highest BCUT2D eigenvalue weighted by atomic mass is 16.5. The summed E-state index contributed by atoms with van der Waals surface area (Å²) in [6.07, 6.45) is 4.91. The van der Waals surface area contributed by atoms with E-state index in [-0.39, 0.29) is 12.7 Å². The van der Waals surface area contributed by atoms with Crippen LogP contribution in [-0.4, -0.2) is 24.4 Å². The Morgan fingerprint density at radius 2 is 2.50 bits per heavy atom. The lowest BCUT2D eigenvalue weighted by Crippen LogP contribution is -2.19. The Labute approximate surface area is 48.8 Å². The molecule has 0 aromatic heterocycles. The molecule has 0 aliphatic carbocycles. The van der Waals surface area contributed by atoms with Crippen LogP contribution in [0.2, 0.25) is 0 Å². The third-order valence-corrected chi connectivity index (χ3v) is 1.20. The van der Waals surface area contributed by atoms with Crippen LogP contribution in [0.4, 0.5) is 0 Å². The normalized spacial score (nSPS) is 28.4. The van der Waals surface area contributed by atoms with E-state index < -0.39 is 0 Å². The average Bonchev–Trinajstić information content (AvgIpc) is 1.90. The smallest absolute Gasteiger partial charge is 0.0844 e. The van der Waals surface area contributed by atoms with E-state index in [9.17, 15) is 0 Å². The predicted octanol–water partition coefficient (Wildman–Crippen LogP) is 0.324. The molecular formula is C6H10O2. The van der Waals surface area contributed by atoms with Crippen molar-refractivity contribution in [2.24, 2.45) is 0 Å². The summed E-state index contributed by atoms with van der Waals surface area (Å²) in [5.41, 5.74) is 0. The summed E-state index contributed by atoms with van der Waals surface area (Å²) >= 11 is 0. The van der Waals surface area contributed by atoms with Crippen LogP contribution in [-0.2, 0) is 4.74 Å². The molecule has 8 heavy (non-hydrogen) atoms. The molecule has 0 aromatic rings. The summed E-state index contributed by atoms with van der Waals surface area (Å²) in [6, 6.07) is 0. The number of hydrogen-bond donors (Lipinski definition) is 1. The minimum absolute atomic E-state index is 0.0556. The third kappa shape index (κ3) is 1.32. The van der Waals surface area contributed by atoms with Crippen molar-refractivity contribution in [1.29, 1.82) is 0 Å². The SMILES string of the molecule is OC[C@@H]1CC=CCO1. The van der Waals surface area contributed by atoms with Gasteiger partial charge in [0.05, 0.1) is 19.3 Å². The van der Waals surface area contributed by atoms with Gasteiger partial charge in [-0.15, -0.1) is 0 Å². The second-order valence-electron chi connectivity index (χ2n) is 1.85. The Morgan fingerprint density at radius 1 is 1.62 bits per heavy atom. The van der Waals surface area contributed by atoms with Crippen LogP contribution in [0.15, 0.2) is 12.2 Å². The maximum atomic E-state index is 8.53. The molecule has 0 bridgehead atoms. The van der Waals surface area contributed by atoms with Crippen molar-refractivity contribution in [2.45, 2.75) is 12.5 Å². The zero-order chi connectivity index (χ0) is 5.82. The highest BCUT2D eigenvalue weighted by Gasteiger charge is 2.06. The summed E-state index contributed by atoms with van der Waals surface area (Å²) in [4.78, 5) is 0. The minimum Gasteiger partial charge on any atom is -0.394 e. The predicted molar refractivity (Wildman–Crippen MR) is 30.6 cm³/mol. The number of ether oxygens (including phenoxy) is 1. The molecule has 0 saturated heterocycles. The summed E-state index contributed by atoms with van der Waals surface area (Å²) in [7, 11) is 0. The maximum Gasteiger partial charge on any atom is 0.0844 e. The fourth-order valence-corrected chi connectivity index (χ4v) is 0.703. The first-order valence-corrected chi connectivity index (χ1v) is 2.81. The summed E-state index contributed by atoms with van der Waals surface area (Å²) in [5.74, 6) is 0. The van der Waals surface area contributed by atoms with Gasteiger partial charge in [-0.25, -0.2) is 0 Å². The van der Waals surface area contributed by atoms with Gasteiger partial charge in [0, 0.05) is 0 Å². The van der Waals surface area contributed by atoms with Crippen molar-refractivity contribution in [1.82, 2.24) is 0 Å². The molecule has 0 spiro atoms. The summed E-state index contributed by atoms with van der Waals surface area (Å²) in [6.45, 7) is 0.801. The van der Waals surface area contributed by atoms with Crippen molar-refractivity contribution in [2.75, 3.05) is 13.2 Å². The van der Waals surface area contributed by atoms with E-state index >= 15 is 0 Å². The molecule has 0 aromatic carbocycles. The maximum absolute atomic E-state index is 8.53. The Bertz CT molecular complexity index is 88.5. The zero-order valence-electron chi connectivity index (χ0n) is 4.71. The fraction of sp³-hybridized carbons (Fsp3) is 0.667. The molecule has 1 heterocycles. The molecule has 2 heteroatoms. The van der Waals surface area contributed by atoms with E-state index in [0.717, 1.165) is 6.42 Å². The molecule has 0 fully saturated rings. The monoisotopic (exact) mass is 114 g/mol. The Morgan fingerprint density at radius 3 is 2.88 bits per heavy atom. The number of hydrogen-bond acceptors (Lipinski definition) is 2. The van der Waals surface area contributed by atoms with Gasteiger partial charge >= 0.3 is 0 Å². The fourth-order valence-electron chi connectivity index (χ4n) is 0.703. The second-order valence-corrected chi connectivity index (χ2v) is 1.85. The van der Waals surface area contributed by atoms with Crippen LogP contribution in [0.1, 0.15) is 6.42 Å². The number of aliphatic hydroxyl groups is 1. The van der Waals surface area contributed by atoms with Gasteiger partial charge < -0.3 is 9.84 Å². The molecular weight excluding hydrogens is 104 g/mol. The molecule has 1 aliphatic rings. The molecule has 1 N–H and O–H groups in total. The summed E-state index contributed by atoms with van der Waals surface area (Å²) < 4.78 is 5.09. The Kier molecular flexibility index (Phi) is 2.06. The van der Waals surface area contributed by atoms with Crippen LogP contribution in [0.5, 0.6) is 0 Å².